The van der Waals surface area contributed by atoms with E-state index in [0.717, 1.165) is 0 Å². The maximum Gasteiger partial charge on any atom is 0.335 e. The summed E-state index contributed by atoms with van der Waals surface area (Å²) in [7, 11) is 0. The van der Waals surface area contributed by atoms with E-state index in [0.29, 0.717) is 11.3 Å². The van der Waals surface area contributed by atoms with Crippen molar-refractivity contribution in [2.75, 3.05) is 13.2 Å². The Kier molecular flexibility index (Phi) is 5.01. The number of ether oxygens (including phenoxy) is 1. The van der Waals surface area contributed by atoms with Crippen molar-refractivity contribution in [3.63, 3.8) is 0 Å². The van der Waals surface area contributed by atoms with Crippen molar-refractivity contribution in [1.82, 2.24) is 0 Å². The molecule has 0 aliphatic rings. The number of aliphatic hydroxyl groups excluding tert-OH is 2. The average Bonchev–Trinajstić information content (AvgIpc) is 2.65. The highest BCUT2D eigenvalue weighted by Crippen LogP contribution is 2.31. The Labute approximate surface area is 147 Å². The number of para-hydroxylation sites is 1. The van der Waals surface area contributed by atoms with E-state index in [-0.39, 0.29) is 34.3 Å². The molecule has 0 saturated carbocycles. The number of hydrogen-bond acceptors (Lipinski definition) is 6. The summed E-state index contributed by atoms with van der Waals surface area (Å²) in [5.41, 5.74) is 0.371. The fourth-order valence-corrected chi connectivity index (χ4v) is 2.46. The van der Waals surface area contributed by atoms with Crippen molar-refractivity contribution in [3.05, 3.63) is 64.3 Å². The smallest absolute Gasteiger partial charge is 0.335 e. The molecule has 0 amide bonds. The molecule has 0 radical (unpaired) electrons. The molecule has 3 rings (SSSR count). The van der Waals surface area contributed by atoms with Gasteiger partial charge >= 0.3 is 5.97 Å². The number of carboxylic acids is 1. The first-order valence-electron chi connectivity index (χ1n) is 7.82. The molecular formula is C19H16O7. The molecule has 3 N–H and O–H groups in total. The maximum absolute atomic E-state index is 12.4. The first-order valence-corrected chi connectivity index (χ1v) is 7.82. The van der Waals surface area contributed by atoms with Gasteiger partial charge in [0.15, 0.2) is 5.43 Å². The van der Waals surface area contributed by atoms with Crippen LogP contribution in [-0.2, 0) is 0 Å². The fraction of sp³-hybridized carbons (Fsp3) is 0.158. The first kappa shape index (κ1) is 17.7. The number of aliphatic hydroxyl groups is 2. The van der Waals surface area contributed by atoms with Gasteiger partial charge in [-0.3, -0.25) is 4.79 Å². The summed E-state index contributed by atoms with van der Waals surface area (Å²) in [5.74, 6) is -0.499. The molecule has 1 heterocycles. The molecule has 7 heteroatoms. The van der Waals surface area contributed by atoms with Crippen LogP contribution in [0.5, 0.6) is 5.75 Å². The summed E-state index contributed by atoms with van der Waals surface area (Å²) in [6.07, 6.45) is -1.03. The predicted molar refractivity (Wildman–Crippen MR) is 93.5 cm³/mol. The number of hydrogen-bond donors (Lipinski definition) is 3. The fourth-order valence-electron chi connectivity index (χ4n) is 2.46. The lowest BCUT2D eigenvalue weighted by Gasteiger charge is -2.13. The molecule has 1 aromatic heterocycles. The van der Waals surface area contributed by atoms with Crippen LogP contribution in [0.1, 0.15) is 10.4 Å². The lowest BCUT2D eigenvalue weighted by Crippen LogP contribution is -2.21. The SMILES string of the molecule is O=C(O)c1ccc2oc(-c3ccccc3OCC(O)CO)cc(=O)c2c1. The van der Waals surface area contributed by atoms with Crippen molar-refractivity contribution in [2.45, 2.75) is 6.10 Å². The molecule has 1 unspecified atom stereocenters. The van der Waals surface area contributed by atoms with Crippen LogP contribution in [0.15, 0.2) is 57.7 Å². The van der Waals surface area contributed by atoms with Crippen LogP contribution in [0.25, 0.3) is 22.3 Å². The number of benzene rings is 2. The van der Waals surface area contributed by atoms with Crippen LogP contribution in [0.4, 0.5) is 0 Å². The minimum atomic E-state index is -1.13. The van der Waals surface area contributed by atoms with Crippen molar-refractivity contribution in [3.8, 4) is 17.1 Å². The van der Waals surface area contributed by atoms with Gasteiger partial charge in [-0.1, -0.05) is 12.1 Å². The monoisotopic (exact) mass is 356 g/mol. The molecule has 0 aliphatic heterocycles. The summed E-state index contributed by atoms with van der Waals surface area (Å²) in [6.45, 7) is -0.549. The molecule has 26 heavy (non-hydrogen) atoms. The molecule has 1 atom stereocenters. The zero-order valence-corrected chi connectivity index (χ0v) is 13.6. The lowest BCUT2D eigenvalue weighted by molar-refractivity contribution is 0.0537. The summed E-state index contributed by atoms with van der Waals surface area (Å²) < 4.78 is 11.2. The summed E-state index contributed by atoms with van der Waals surface area (Å²) in [4.78, 5) is 23.5. The van der Waals surface area contributed by atoms with E-state index in [1.807, 2.05) is 0 Å². The number of fused-ring (bicyclic) bond motifs is 1. The Morgan fingerprint density at radius 3 is 2.65 bits per heavy atom. The summed E-state index contributed by atoms with van der Waals surface area (Å²) >= 11 is 0. The topological polar surface area (TPSA) is 117 Å². The molecule has 0 aliphatic carbocycles. The number of rotatable bonds is 6. The van der Waals surface area contributed by atoms with Gasteiger partial charge in [-0.25, -0.2) is 4.79 Å². The second kappa shape index (κ2) is 7.38. The van der Waals surface area contributed by atoms with Gasteiger partial charge in [0.2, 0.25) is 0 Å². The second-order valence-electron chi connectivity index (χ2n) is 5.63. The van der Waals surface area contributed by atoms with Crippen molar-refractivity contribution in [1.29, 1.82) is 0 Å². The zero-order valence-electron chi connectivity index (χ0n) is 13.6. The van der Waals surface area contributed by atoms with Crippen molar-refractivity contribution in [2.24, 2.45) is 0 Å². The van der Waals surface area contributed by atoms with Crippen LogP contribution in [0, 0.1) is 0 Å². The number of carbonyl (C=O) groups is 1. The molecule has 3 aromatic rings. The number of aromatic carboxylic acids is 1. The third-order valence-corrected chi connectivity index (χ3v) is 3.77. The van der Waals surface area contributed by atoms with E-state index in [1.165, 1.54) is 24.3 Å². The molecule has 0 spiro atoms. The molecule has 134 valence electrons. The Bertz CT molecular complexity index is 1010. The maximum atomic E-state index is 12.4. The van der Waals surface area contributed by atoms with Gasteiger partial charge in [0.25, 0.3) is 0 Å². The lowest BCUT2D eigenvalue weighted by atomic mass is 10.1. The van der Waals surface area contributed by atoms with Crippen molar-refractivity contribution >= 4 is 16.9 Å². The summed E-state index contributed by atoms with van der Waals surface area (Å²) in [6, 6.07) is 12.1. The minimum Gasteiger partial charge on any atom is -0.490 e. The van der Waals surface area contributed by atoms with Gasteiger partial charge in [-0.05, 0) is 30.3 Å². The van der Waals surface area contributed by atoms with Crippen LogP contribution in [0.3, 0.4) is 0 Å². The largest absolute Gasteiger partial charge is 0.490 e. The van der Waals surface area contributed by atoms with Gasteiger partial charge in [0.1, 0.15) is 29.8 Å². The van der Waals surface area contributed by atoms with E-state index in [2.05, 4.69) is 0 Å². The van der Waals surface area contributed by atoms with Gasteiger partial charge in [0.05, 0.1) is 23.1 Å². The molecular weight excluding hydrogens is 340 g/mol. The number of carboxylic acid groups (broad SMARTS) is 1. The minimum absolute atomic E-state index is 0.000672. The van der Waals surface area contributed by atoms with Gasteiger partial charge in [-0.15, -0.1) is 0 Å². The van der Waals surface area contributed by atoms with E-state index < -0.39 is 18.7 Å². The molecule has 7 nitrogen and oxygen atoms in total. The third kappa shape index (κ3) is 3.58. The average molecular weight is 356 g/mol. The van der Waals surface area contributed by atoms with E-state index >= 15 is 0 Å². The molecule has 0 fully saturated rings. The highest BCUT2D eigenvalue weighted by molar-refractivity contribution is 5.93. The third-order valence-electron chi connectivity index (χ3n) is 3.77. The van der Waals surface area contributed by atoms with Crippen LogP contribution < -0.4 is 10.2 Å². The van der Waals surface area contributed by atoms with E-state index in [4.69, 9.17) is 19.4 Å². The Morgan fingerprint density at radius 2 is 1.92 bits per heavy atom. The predicted octanol–water partition coefficient (Wildman–Crippen LogP) is 1.89. The Hall–Kier alpha value is -3.16. The normalized spacial score (nSPS) is 12.1. The van der Waals surface area contributed by atoms with E-state index in [1.54, 1.807) is 24.3 Å². The van der Waals surface area contributed by atoms with Gasteiger partial charge in [0, 0.05) is 6.07 Å². The van der Waals surface area contributed by atoms with Gasteiger partial charge in [-0.2, -0.15) is 0 Å². The zero-order chi connectivity index (χ0) is 18.7. The standard InChI is InChI=1S/C19H16O7/c20-9-12(21)10-25-16-4-2-1-3-13(16)18-8-15(22)14-7-11(19(23)24)5-6-17(14)26-18/h1-8,12,20-21H,9-10H2,(H,23,24). The second-order valence-corrected chi connectivity index (χ2v) is 5.63. The quantitative estimate of drug-likeness (QED) is 0.617. The Morgan fingerprint density at radius 1 is 1.15 bits per heavy atom. The first-order chi connectivity index (χ1) is 12.5. The van der Waals surface area contributed by atoms with Crippen LogP contribution in [0.2, 0.25) is 0 Å². The van der Waals surface area contributed by atoms with Crippen molar-refractivity contribution < 1.29 is 29.3 Å². The van der Waals surface area contributed by atoms with Gasteiger partial charge < -0.3 is 24.5 Å². The summed E-state index contributed by atoms with van der Waals surface area (Å²) in [5, 5.41) is 27.5. The van der Waals surface area contributed by atoms with E-state index in [9.17, 15) is 14.7 Å². The van der Waals surface area contributed by atoms with Crippen LogP contribution >= 0.6 is 0 Å². The molecule has 0 bridgehead atoms. The Balaban J connectivity index is 2.05. The highest BCUT2D eigenvalue weighted by Gasteiger charge is 2.14. The van der Waals surface area contributed by atoms with Crippen LogP contribution in [-0.4, -0.2) is 40.6 Å². The highest BCUT2D eigenvalue weighted by atomic mass is 16.5. The molecule has 2 aromatic carbocycles. The molecule has 0 saturated heterocycles.